The maximum atomic E-state index is 13.4. The van der Waals surface area contributed by atoms with Crippen molar-refractivity contribution in [2.45, 2.75) is 18.8 Å². The summed E-state index contributed by atoms with van der Waals surface area (Å²) < 4.78 is 18.6. The highest BCUT2D eigenvalue weighted by Crippen LogP contribution is 2.34. The lowest BCUT2D eigenvalue weighted by molar-refractivity contribution is -0.134. The molecule has 0 saturated carbocycles. The number of hydrogen-bond acceptors (Lipinski definition) is 4. The maximum Gasteiger partial charge on any atom is 0.230 e. The normalized spacial score (nSPS) is 21.4. The summed E-state index contributed by atoms with van der Waals surface area (Å²) in [4.78, 5) is 29.1. The highest BCUT2D eigenvalue weighted by molar-refractivity contribution is 6.01. The van der Waals surface area contributed by atoms with Gasteiger partial charge in [0.25, 0.3) is 0 Å². The zero-order chi connectivity index (χ0) is 17.8. The van der Waals surface area contributed by atoms with Crippen LogP contribution in [0.25, 0.3) is 0 Å². The van der Waals surface area contributed by atoms with Crippen LogP contribution in [0.4, 0.5) is 10.1 Å². The van der Waals surface area contributed by atoms with Gasteiger partial charge in [-0.25, -0.2) is 4.39 Å². The molecule has 2 heterocycles. The van der Waals surface area contributed by atoms with Gasteiger partial charge < -0.3 is 15.0 Å². The number of methoxy groups -OCH3 is 1. The van der Waals surface area contributed by atoms with Crippen LogP contribution in [0, 0.1) is 5.82 Å². The average molecular weight is 349 g/mol. The Labute approximate surface area is 146 Å². The molecule has 0 spiro atoms. The number of carbonyl (C=O) groups excluding carboxylic acids is 2. The number of halogens is 1. The molecule has 136 valence electrons. The Hall–Kier alpha value is -1.99. The first-order chi connectivity index (χ1) is 12.1. The van der Waals surface area contributed by atoms with E-state index in [0.717, 1.165) is 26.1 Å². The Balaban J connectivity index is 1.72. The summed E-state index contributed by atoms with van der Waals surface area (Å²) in [6.07, 6.45) is 1.01. The van der Waals surface area contributed by atoms with Crippen LogP contribution in [0.2, 0.25) is 0 Å². The maximum absolute atomic E-state index is 13.4. The summed E-state index contributed by atoms with van der Waals surface area (Å²) in [7, 11) is 1.68. The minimum absolute atomic E-state index is 0.0451. The van der Waals surface area contributed by atoms with E-state index in [4.69, 9.17) is 4.74 Å². The molecular weight excluding hydrogens is 325 g/mol. The van der Waals surface area contributed by atoms with Gasteiger partial charge in [0.1, 0.15) is 5.82 Å². The van der Waals surface area contributed by atoms with Crippen LogP contribution in [0.3, 0.4) is 0 Å². The van der Waals surface area contributed by atoms with Gasteiger partial charge in [0.2, 0.25) is 11.8 Å². The largest absolute Gasteiger partial charge is 0.383 e. The van der Waals surface area contributed by atoms with Crippen molar-refractivity contribution in [3.63, 3.8) is 0 Å². The molecule has 1 N–H and O–H groups in total. The molecule has 0 bridgehead atoms. The smallest absolute Gasteiger partial charge is 0.230 e. The highest BCUT2D eigenvalue weighted by Gasteiger charge is 2.34. The number of benzene rings is 1. The lowest BCUT2D eigenvalue weighted by Crippen LogP contribution is -2.41. The van der Waals surface area contributed by atoms with Crippen LogP contribution in [0.15, 0.2) is 18.2 Å². The van der Waals surface area contributed by atoms with Crippen molar-refractivity contribution < 1.29 is 18.7 Å². The number of ether oxygens (including phenoxy) is 1. The van der Waals surface area contributed by atoms with Crippen molar-refractivity contribution in [2.75, 3.05) is 51.8 Å². The molecule has 0 aliphatic carbocycles. The van der Waals surface area contributed by atoms with Crippen LogP contribution >= 0.6 is 0 Å². The predicted molar refractivity (Wildman–Crippen MR) is 91.9 cm³/mol. The number of nitrogens with zero attached hydrogens (tertiary/aromatic N) is 2. The van der Waals surface area contributed by atoms with Crippen molar-refractivity contribution in [1.82, 2.24) is 9.80 Å². The van der Waals surface area contributed by atoms with E-state index in [1.807, 2.05) is 4.90 Å². The molecule has 1 aromatic carbocycles. The number of amides is 2. The molecule has 3 rings (SSSR count). The van der Waals surface area contributed by atoms with Crippen LogP contribution in [0.5, 0.6) is 0 Å². The third-order valence-corrected chi connectivity index (χ3v) is 4.86. The molecule has 0 radical (unpaired) electrons. The number of fused-ring (bicyclic) bond motifs is 1. The quantitative estimate of drug-likeness (QED) is 0.893. The Morgan fingerprint density at radius 2 is 2.16 bits per heavy atom. The highest BCUT2D eigenvalue weighted by atomic mass is 19.1. The summed E-state index contributed by atoms with van der Waals surface area (Å²) in [5.74, 6) is -1.24. The van der Waals surface area contributed by atoms with E-state index >= 15 is 0 Å². The molecule has 7 heteroatoms. The molecule has 0 unspecified atom stereocenters. The molecule has 1 atom stereocenters. The Morgan fingerprint density at radius 1 is 1.32 bits per heavy atom. The van der Waals surface area contributed by atoms with E-state index in [2.05, 4.69) is 10.2 Å². The second-order valence-electron chi connectivity index (χ2n) is 6.55. The van der Waals surface area contributed by atoms with Crippen molar-refractivity contribution in [3.8, 4) is 0 Å². The van der Waals surface area contributed by atoms with Crippen molar-refractivity contribution in [1.29, 1.82) is 0 Å². The molecule has 6 nitrogen and oxygen atoms in total. The van der Waals surface area contributed by atoms with Crippen LogP contribution in [-0.2, 0) is 14.3 Å². The Morgan fingerprint density at radius 3 is 2.96 bits per heavy atom. The molecule has 1 saturated heterocycles. The second kappa shape index (κ2) is 7.93. The number of carbonyl (C=O) groups is 2. The van der Waals surface area contributed by atoms with E-state index in [1.165, 1.54) is 12.1 Å². The first kappa shape index (κ1) is 17.8. The van der Waals surface area contributed by atoms with Gasteiger partial charge in [-0.05, 0) is 30.7 Å². The third-order valence-electron chi connectivity index (χ3n) is 4.86. The molecule has 0 aromatic heterocycles. The zero-order valence-corrected chi connectivity index (χ0v) is 14.5. The number of nitrogens with one attached hydrogen (secondary N) is 1. The van der Waals surface area contributed by atoms with Gasteiger partial charge in [0, 0.05) is 45.4 Å². The van der Waals surface area contributed by atoms with Gasteiger partial charge in [0.05, 0.1) is 12.5 Å². The van der Waals surface area contributed by atoms with Gasteiger partial charge in [-0.2, -0.15) is 0 Å². The molecular formula is C18H24FN3O3. The fraction of sp³-hybridized carbons (Fsp3) is 0.556. The van der Waals surface area contributed by atoms with Crippen molar-refractivity contribution >= 4 is 17.5 Å². The van der Waals surface area contributed by atoms with Crippen LogP contribution < -0.4 is 5.32 Å². The second-order valence-corrected chi connectivity index (χ2v) is 6.55. The van der Waals surface area contributed by atoms with Gasteiger partial charge in [0.15, 0.2) is 0 Å². The predicted octanol–water partition coefficient (Wildman–Crippen LogP) is 1.43. The van der Waals surface area contributed by atoms with E-state index in [9.17, 15) is 14.0 Å². The average Bonchev–Trinajstić information content (AvgIpc) is 2.83. The Kier molecular flexibility index (Phi) is 5.65. The zero-order valence-electron chi connectivity index (χ0n) is 14.5. The molecule has 25 heavy (non-hydrogen) atoms. The Bertz CT molecular complexity index is 652. The summed E-state index contributed by atoms with van der Waals surface area (Å²) in [6, 6.07) is 4.22. The van der Waals surface area contributed by atoms with Crippen molar-refractivity contribution in [3.05, 3.63) is 29.6 Å². The summed E-state index contributed by atoms with van der Waals surface area (Å²) in [5.41, 5.74) is 1.11. The summed E-state index contributed by atoms with van der Waals surface area (Å²) in [6.45, 7) is 4.57. The lowest BCUT2D eigenvalue weighted by atomic mass is 9.89. The first-order valence-corrected chi connectivity index (χ1v) is 8.68. The molecule has 2 aliphatic heterocycles. The SMILES string of the molecule is COCCN1CCCN(C(=O)[C@@H]2CC(=O)Nc3cc(F)ccc32)CC1. The fourth-order valence-electron chi connectivity index (χ4n) is 3.51. The standard InChI is InChI=1S/C18H24FN3O3/c1-25-10-9-21-5-2-6-22(8-7-21)18(24)15-12-17(23)20-16-11-13(19)3-4-14(15)16/h3-4,11,15H,2,5-10,12H2,1H3,(H,20,23)/t15-/m1/s1. The topological polar surface area (TPSA) is 61.9 Å². The number of hydrogen-bond donors (Lipinski definition) is 1. The summed E-state index contributed by atoms with van der Waals surface area (Å²) >= 11 is 0. The minimum atomic E-state index is -0.533. The molecule has 1 aromatic rings. The van der Waals surface area contributed by atoms with Crippen LogP contribution in [0.1, 0.15) is 24.3 Å². The molecule has 2 aliphatic rings. The van der Waals surface area contributed by atoms with E-state index < -0.39 is 11.7 Å². The van der Waals surface area contributed by atoms with Gasteiger partial charge in [-0.15, -0.1) is 0 Å². The van der Waals surface area contributed by atoms with E-state index in [0.29, 0.717) is 30.9 Å². The van der Waals surface area contributed by atoms with E-state index in [1.54, 1.807) is 13.2 Å². The number of rotatable bonds is 4. The molecule has 1 fully saturated rings. The van der Waals surface area contributed by atoms with Crippen LogP contribution in [-0.4, -0.2) is 68.1 Å². The van der Waals surface area contributed by atoms with Gasteiger partial charge >= 0.3 is 0 Å². The van der Waals surface area contributed by atoms with Crippen molar-refractivity contribution in [2.24, 2.45) is 0 Å². The number of anilines is 1. The first-order valence-electron chi connectivity index (χ1n) is 8.68. The fourth-order valence-corrected chi connectivity index (χ4v) is 3.51. The molecule has 2 amide bonds. The summed E-state index contributed by atoms with van der Waals surface area (Å²) in [5, 5.41) is 2.66. The van der Waals surface area contributed by atoms with Gasteiger partial charge in [-0.3, -0.25) is 14.5 Å². The minimum Gasteiger partial charge on any atom is -0.383 e. The van der Waals surface area contributed by atoms with E-state index in [-0.39, 0.29) is 18.2 Å². The monoisotopic (exact) mass is 349 g/mol. The third kappa shape index (κ3) is 4.16. The lowest BCUT2D eigenvalue weighted by Gasteiger charge is -2.30. The van der Waals surface area contributed by atoms with Gasteiger partial charge in [-0.1, -0.05) is 6.07 Å².